The minimum Gasteiger partial charge on any atom is -0.309 e. The van der Waals surface area contributed by atoms with Crippen LogP contribution in [-0.2, 0) is 0 Å². The van der Waals surface area contributed by atoms with Gasteiger partial charge in [0, 0.05) is 38.3 Å². The van der Waals surface area contributed by atoms with Gasteiger partial charge in [0.25, 0.3) is 0 Å². The fourth-order valence-electron chi connectivity index (χ4n) is 8.44. The highest BCUT2D eigenvalue weighted by atomic mass is 15.0. The highest BCUT2D eigenvalue weighted by Crippen LogP contribution is 2.44. The molecule has 2 nitrogen and oxygen atoms in total. The molecule has 2 heteroatoms. The Balaban J connectivity index is 1.15. The van der Waals surface area contributed by atoms with E-state index in [2.05, 4.69) is 191 Å². The van der Waals surface area contributed by atoms with Crippen LogP contribution in [-0.4, -0.2) is 9.13 Å². The summed E-state index contributed by atoms with van der Waals surface area (Å²) in [5.74, 6) is 0. The number of fused-ring (bicyclic) bond motifs is 12. The van der Waals surface area contributed by atoms with Crippen LogP contribution in [0, 0.1) is 0 Å². The monoisotopic (exact) mass is 634 g/mol. The molecule has 0 atom stereocenters. The van der Waals surface area contributed by atoms with Crippen molar-refractivity contribution in [3.8, 4) is 22.5 Å². The standard InChI is InChI=1S/C48H30N2/c1-2-14-35(15-3-1)49-44-21-11-10-18-39(44)42-28-34(24-27-45(42)49)31-22-25-36(26-23-31)50-46-30-33-13-5-4-12-32(33)29-43(46)47-40-19-8-6-16-37(40)38-17-7-9-20-41(38)48(47)50/h1-30H. The molecule has 0 saturated carbocycles. The highest BCUT2D eigenvalue weighted by Gasteiger charge is 2.20. The molecule has 0 N–H and O–H groups in total. The molecule has 2 aromatic heterocycles. The maximum absolute atomic E-state index is 2.49. The van der Waals surface area contributed by atoms with Gasteiger partial charge < -0.3 is 9.13 Å². The van der Waals surface area contributed by atoms with Crippen molar-refractivity contribution < 1.29 is 0 Å². The van der Waals surface area contributed by atoms with E-state index in [-0.39, 0.29) is 0 Å². The Bertz CT molecular complexity index is 3120. The lowest BCUT2D eigenvalue weighted by molar-refractivity contribution is 1.18. The molecule has 0 saturated heterocycles. The van der Waals surface area contributed by atoms with E-state index in [0.717, 1.165) is 5.69 Å². The number of hydrogen-bond acceptors (Lipinski definition) is 0. The third-order valence-corrected chi connectivity index (χ3v) is 10.6. The van der Waals surface area contributed by atoms with E-state index < -0.39 is 0 Å². The second-order valence-electron chi connectivity index (χ2n) is 13.3. The first-order chi connectivity index (χ1) is 24.8. The Morgan fingerprint density at radius 3 is 1.62 bits per heavy atom. The van der Waals surface area contributed by atoms with E-state index in [0.29, 0.717) is 0 Å². The number of benzene rings is 9. The molecule has 232 valence electrons. The first kappa shape index (κ1) is 27.3. The SMILES string of the molecule is c1ccc(-n2c3ccccc3c3cc(-c4ccc(-n5c6cc7ccccc7cc6c6c7ccccc7c7ccccc7c65)cc4)ccc32)cc1. The molecule has 0 aliphatic rings. The third-order valence-electron chi connectivity index (χ3n) is 10.6. The zero-order valence-corrected chi connectivity index (χ0v) is 27.2. The molecule has 0 amide bonds. The summed E-state index contributed by atoms with van der Waals surface area (Å²) in [5.41, 5.74) is 9.67. The second kappa shape index (κ2) is 10.4. The van der Waals surface area contributed by atoms with E-state index in [1.165, 1.54) is 92.7 Å². The molecule has 0 bridgehead atoms. The van der Waals surface area contributed by atoms with Crippen LogP contribution in [0.5, 0.6) is 0 Å². The van der Waals surface area contributed by atoms with Crippen molar-refractivity contribution in [2.75, 3.05) is 0 Å². The maximum atomic E-state index is 2.49. The zero-order valence-electron chi connectivity index (χ0n) is 27.2. The quantitative estimate of drug-likeness (QED) is 0.171. The van der Waals surface area contributed by atoms with Gasteiger partial charge in [-0.1, -0.05) is 127 Å². The van der Waals surface area contributed by atoms with Crippen LogP contribution in [0.2, 0.25) is 0 Å². The van der Waals surface area contributed by atoms with Crippen LogP contribution in [0.25, 0.3) is 98.4 Å². The van der Waals surface area contributed by atoms with Crippen molar-refractivity contribution in [3.63, 3.8) is 0 Å². The molecule has 0 unspecified atom stereocenters. The summed E-state index contributed by atoms with van der Waals surface area (Å²) in [4.78, 5) is 0. The van der Waals surface area contributed by atoms with Crippen LogP contribution in [0.1, 0.15) is 0 Å². The van der Waals surface area contributed by atoms with Gasteiger partial charge in [0.2, 0.25) is 0 Å². The molecule has 0 spiro atoms. The number of hydrogen-bond donors (Lipinski definition) is 0. The Morgan fingerprint density at radius 1 is 0.280 bits per heavy atom. The van der Waals surface area contributed by atoms with Crippen LogP contribution < -0.4 is 0 Å². The fourth-order valence-corrected chi connectivity index (χ4v) is 8.44. The zero-order chi connectivity index (χ0) is 32.8. The van der Waals surface area contributed by atoms with Gasteiger partial charge in [-0.25, -0.2) is 0 Å². The summed E-state index contributed by atoms with van der Waals surface area (Å²) in [7, 11) is 0. The molecule has 0 aliphatic heterocycles. The van der Waals surface area contributed by atoms with Crippen LogP contribution in [0.15, 0.2) is 182 Å². The van der Waals surface area contributed by atoms with Crippen molar-refractivity contribution in [1.29, 1.82) is 0 Å². The van der Waals surface area contributed by atoms with Gasteiger partial charge in [-0.2, -0.15) is 0 Å². The summed E-state index contributed by atoms with van der Waals surface area (Å²) in [6, 6.07) is 66.7. The van der Waals surface area contributed by atoms with Gasteiger partial charge in [-0.15, -0.1) is 0 Å². The molecule has 0 fully saturated rings. The summed E-state index contributed by atoms with van der Waals surface area (Å²) < 4.78 is 4.86. The van der Waals surface area contributed by atoms with Gasteiger partial charge >= 0.3 is 0 Å². The molecular weight excluding hydrogens is 605 g/mol. The molecule has 9 aromatic carbocycles. The van der Waals surface area contributed by atoms with Gasteiger partial charge in [0.15, 0.2) is 0 Å². The van der Waals surface area contributed by atoms with Gasteiger partial charge in [-0.3, -0.25) is 0 Å². The van der Waals surface area contributed by atoms with Crippen LogP contribution in [0.4, 0.5) is 0 Å². The van der Waals surface area contributed by atoms with Gasteiger partial charge in [0.1, 0.15) is 0 Å². The Labute approximate surface area is 288 Å². The fraction of sp³-hybridized carbons (Fsp3) is 0. The van der Waals surface area contributed by atoms with Crippen molar-refractivity contribution in [2.24, 2.45) is 0 Å². The Kier molecular flexibility index (Phi) is 5.70. The lowest BCUT2D eigenvalue weighted by Gasteiger charge is -2.13. The van der Waals surface area contributed by atoms with Crippen LogP contribution >= 0.6 is 0 Å². The molecule has 11 rings (SSSR count). The normalized spacial score (nSPS) is 12.0. The number of nitrogens with zero attached hydrogens (tertiary/aromatic N) is 2. The van der Waals surface area contributed by atoms with Crippen molar-refractivity contribution >= 4 is 75.9 Å². The van der Waals surface area contributed by atoms with Crippen molar-refractivity contribution in [1.82, 2.24) is 9.13 Å². The lowest BCUT2D eigenvalue weighted by atomic mass is 9.96. The average Bonchev–Trinajstić information content (AvgIpc) is 3.70. The maximum Gasteiger partial charge on any atom is 0.0625 e. The minimum atomic E-state index is 1.16. The topological polar surface area (TPSA) is 9.86 Å². The predicted molar refractivity (Wildman–Crippen MR) is 213 cm³/mol. The van der Waals surface area contributed by atoms with E-state index in [1.807, 2.05) is 0 Å². The molecule has 2 heterocycles. The summed E-state index contributed by atoms with van der Waals surface area (Å²) in [6.07, 6.45) is 0. The molecular formula is C48H30N2. The number of rotatable bonds is 3. The highest BCUT2D eigenvalue weighted by molar-refractivity contribution is 6.33. The second-order valence-corrected chi connectivity index (χ2v) is 13.3. The minimum absolute atomic E-state index is 1.16. The third kappa shape index (κ3) is 3.85. The van der Waals surface area contributed by atoms with Gasteiger partial charge in [0.05, 0.1) is 22.1 Å². The summed E-state index contributed by atoms with van der Waals surface area (Å²) in [6.45, 7) is 0. The molecule has 0 aliphatic carbocycles. The molecule has 11 aromatic rings. The summed E-state index contributed by atoms with van der Waals surface area (Å²) >= 11 is 0. The predicted octanol–water partition coefficient (Wildman–Crippen LogP) is 13.0. The van der Waals surface area contributed by atoms with Gasteiger partial charge in [-0.05, 0) is 92.7 Å². The first-order valence-corrected chi connectivity index (χ1v) is 17.3. The summed E-state index contributed by atoms with van der Waals surface area (Å²) in [5, 5.41) is 12.8. The Morgan fingerprint density at radius 2 is 0.840 bits per heavy atom. The number of para-hydroxylation sites is 2. The van der Waals surface area contributed by atoms with Crippen molar-refractivity contribution in [2.45, 2.75) is 0 Å². The van der Waals surface area contributed by atoms with E-state index in [9.17, 15) is 0 Å². The van der Waals surface area contributed by atoms with Crippen LogP contribution in [0.3, 0.4) is 0 Å². The smallest absolute Gasteiger partial charge is 0.0625 e. The average molecular weight is 635 g/mol. The van der Waals surface area contributed by atoms with E-state index in [1.54, 1.807) is 0 Å². The molecule has 0 radical (unpaired) electrons. The first-order valence-electron chi connectivity index (χ1n) is 17.3. The largest absolute Gasteiger partial charge is 0.309 e. The lowest BCUT2D eigenvalue weighted by Crippen LogP contribution is -1.95. The Hall–Kier alpha value is -6.64. The van der Waals surface area contributed by atoms with E-state index in [4.69, 9.17) is 0 Å². The molecule has 50 heavy (non-hydrogen) atoms. The number of aromatic nitrogens is 2. The van der Waals surface area contributed by atoms with E-state index >= 15 is 0 Å². The van der Waals surface area contributed by atoms with Crippen molar-refractivity contribution in [3.05, 3.63) is 182 Å².